The number of fused-ring (bicyclic) bond motifs is 2. The Kier molecular flexibility index (Phi) is 3.46. The molecule has 0 aliphatic heterocycles. The van der Waals surface area contributed by atoms with Crippen molar-refractivity contribution in [2.75, 3.05) is 0 Å². The minimum absolute atomic E-state index is 0.757. The van der Waals surface area contributed by atoms with E-state index in [9.17, 15) is 0 Å². The molecule has 0 saturated carbocycles. The zero-order valence-corrected chi connectivity index (χ0v) is 14.1. The van der Waals surface area contributed by atoms with Gasteiger partial charge in [-0.3, -0.25) is 0 Å². The maximum Gasteiger partial charge on any atom is 0.160 e. The van der Waals surface area contributed by atoms with Gasteiger partial charge in [0.2, 0.25) is 0 Å². The van der Waals surface area contributed by atoms with Gasteiger partial charge < -0.3 is 0 Å². The maximum atomic E-state index is 4.94. The van der Waals surface area contributed by atoms with Crippen molar-refractivity contribution in [1.82, 2.24) is 9.97 Å². The summed E-state index contributed by atoms with van der Waals surface area (Å²) in [7, 11) is 0. The number of aromatic nitrogens is 2. The van der Waals surface area contributed by atoms with Crippen molar-refractivity contribution in [3.05, 3.63) is 97.1 Å². The summed E-state index contributed by atoms with van der Waals surface area (Å²) >= 11 is 0. The molecule has 5 rings (SSSR count). The predicted octanol–water partition coefficient (Wildman–Crippen LogP) is 6.12. The van der Waals surface area contributed by atoms with Crippen LogP contribution in [0.2, 0.25) is 0 Å². The highest BCUT2D eigenvalue weighted by Gasteiger charge is 2.11. The summed E-state index contributed by atoms with van der Waals surface area (Å²) in [6.45, 7) is 0. The first-order chi connectivity index (χ1) is 12.9. The molecule has 0 amide bonds. The van der Waals surface area contributed by atoms with E-state index in [1.807, 2.05) is 48.5 Å². The van der Waals surface area contributed by atoms with Gasteiger partial charge in [0.1, 0.15) is 0 Å². The fourth-order valence-electron chi connectivity index (χ4n) is 3.35. The van der Waals surface area contributed by atoms with Crippen LogP contribution in [0.15, 0.2) is 97.1 Å². The van der Waals surface area contributed by atoms with Gasteiger partial charge in [0.15, 0.2) is 5.82 Å². The smallest absolute Gasteiger partial charge is 0.160 e. The molecule has 0 aliphatic rings. The summed E-state index contributed by atoms with van der Waals surface area (Å²) < 4.78 is 0. The molecular formula is C24H16N2. The second-order valence-corrected chi connectivity index (χ2v) is 6.34. The number of rotatable bonds is 2. The number of hydrogen-bond donors (Lipinski definition) is 0. The van der Waals surface area contributed by atoms with Crippen LogP contribution in [-0.2, 0) is 0 Å². The summed E-state index contributed by atoms with van der Waals surface area (Å²) in [6.07, 6.45) is 0. The van der Waals surface area contributed by atoms with Gasteiger partial charge in [0.25, 0.3) is 0 Å². The van der Waals surface area contributed by atoms with Gasteiger partial charge in [0.05, 0.1) is 11.2 Å². The second-order valence-electron chi connectivity index (χ2n) is 6.34. The molecule has 5 aromatic rings. The molecular weight excluding hydrogens is 316 g/mol. The second kappa shape index (κ2) is 6.08. The monoisotopic (exact) mass is 332 g/mol. The lowest BCUT2D eigenvalue weighted by molar-refractivity contribution is 1.23. The molecule has 0 radical (unpaired) electrons. The Bertz CT molecular complexity index is 1230. The van der Waals surface area contributed by atoms with Crippen LogP contribution in [0.3, 0.4) is 0 Å². The van der Waals surface area contributed by atoms with E-state index >= 15 is 0 Å². The quantitative estimate of drug-likeness (QED) is 0.389. The standard InChI is InChI=1S/C24H16N2/c1-2-9-18(10-3-1)24-25-22-13-7-6-12-21(22)23(26-24)20-15-14-17-8-4-5-11-19(17)16-20/h1-16H. The highest BCUT2D eigenvalue weighted by Crippen LogP contribution is 2.30. The van der Waals surface area contributed by atoms with Crippen molar-refractivity contribution >= 4 is 21.7 Å². The molecule has 4 aromatic carbocycles. The largest absolute Gasteiger partial charge is 0.228 e. The number of hydrogen-bond acceptors (Lipinski definition) is 2. The highest BCUT2D eigenvalue weighted by molar-refractivity contribution is 5.96. The molecule has 0 unspecified atom stereocenters. The summed E-state index contributed by atoms with van der Waals surface area (Å²) in [5, 5.41) is 3.52. The van der Waals surface area contributed by atoms with E-state index in [-0.39, 0.29) is 0 Å². The molecule has 2 nitrogen and oxygen atoms in total. The predicted molar refractivity (Wildman–Crippen MR) is 108 cm³/mol. The van der Waals surface area contributed by atoms with Crippen LogP contribution in [0.5, 0.6) is 0 Å². The number of para-hydroxylation sites is 1. The van der Waals surface area contributed by atoms with E-state index in [0.29, 0.717) is 0 Å². The van der Waals surface area contributed by atoms with Gasteiger partial charge in [0, 0.05) is 16.5 Å². The maximum absolute atomic E-state index is 4.94. The Morgan fingerprint density at radius 2 is 1.23 bits per heavy atom. The Labute approximate surface area is 151 Å². The van der Waals surface area contributed by atoms with E-state index in [4.69, 9.17) is 9.97 Å². The Balaban J connectivity index is 1.80. The third-order valence-electron chi connectivity index (χ3n) is 4.66. The van der Waals surface area contributed by atoms with E-state index in [2.05, 4.69) is 48.5 Å². The van der Waals surface area contributed by atoms with Gasteiger partial charge in [-0.2, -0.15) is 0 Å². The lowest BCUT2D eigenvalue weighted by Crippen LogP contribution is -1.95. The minimum Gasteiger partial charge on any atom is -0.228 e. The first-order valence-corrected chi connectivity index (χ1v) is 8.70. The summed E-state index contributed by atoms with van der Waals surface area (Å²) in [5.41, 5.74) is 4.07. The fourth-order valence-corrected chi connectivity index (χ4v) is 3.35. The van der Waals surface area contributed by atoms with Crippen LogP contribution in [0, 0.1) is 0 Å². The molecule has 2 heteroatoms. The lowest BCUT2D eigenvalue weighted by atomic mass is 10.0. The molecule has 1 heterocycles. The van der Waals surface area contributed by atoms with Crippen LogP contribution in [-0.4, -0.2) is 9.97 Å². The van der Waals surface area contributed by atoms with Crippen LogP contribution >= 0.6 is 0 Å². The average Bonchev–Trinajstić information content (AvgIpc) is 2.73. The molecule has 0 atom stereocenters. The van der Waals surface area contributed by atoms with Crippen molar-refractivity contribution in [2.24, 2.45) is 0 Å². The van der Waals surface area contributed by atoms with Gasteiger partial charge in [-0.25, -0.2) is 9.97 Å². The number of nitrogens with zero attached hydrogens (tertiary/aromatic N) is 2. The molecule has 0 spiro atoms. The van der Waals surface area contributed by atoms with Crippen LogP contribution in [0.4, 0.5) is 0 Å². The topological polar surface area (TPSA) is 25.8 Å². The molecule has 0 fully saturated rings. The van der Waals surface area contributed by atoms with Crippen molar-refractivity contribution in [2.45, 2.75) is 0 Å². The van der Waals surface area contributed by atoms with E-state index in [1.54, 1.807) is 0 Å². The number of benzene rings is 4. The van der Waals surface area contributed by atoms with Crippen molar-refractivity contribution in [1.29, 1.82) is 0 Å². The third kappa shape index (κ3) is 2.52. The fraction of sp³-hybridized carbons (Fsp3) is 0. The third-order valence-corrected chi connectivity index (χ3v) is 4.66. The van der Waals surface area contributed by atoms with Gasteiger partial charge >= 0.3 is 0 Å². The Morgan fingerprint density at radius 1 is 0.500 bits per heavy atom. The molecule has 0 saturated heterocycles. The molecule has 0 N–H and O–H groups in total. The van der Waals surface area contributed by atoms with Crippen molar-refractivity contribution in [3.63, 3.8) is 0 Å². The van der Waals surface area contributed by atoms with E-state index in [0.717, 1.165) is 33.5 Å². The highest BCUT2D eigenvalue weighted by atomic mass is 14.9. The first kappa shape index (κ1) is 14.8. The van der Waals surface area contributed by atoms with Crippen molar-refractivity contribution in [3.8, 4) is 22.6 Å². The molecule has 0 aliphatic carbocycles. The summed E-state index contributed by atoms with van der Waals surface area (Å²) in [5.74, 6) is 0.757. The lowest BCUT2D eigenvalue weighted by Gasteiger charge is -2.10. The molecule has 0 bridgehead atoms. The Hall–Kier alpha value is -3.52. The van der Waals surface area contributed by atoms with Crippen LogP contribution < -0.4 is 0 Å². The SMILES string of the molecule is c1ccc(-c2nc(-c3ccc4ccccc4c3)c3ccccc3n2)cc1. The van der Waals surface area contributed by atoms with Gasteiger partial charge in [-0.1, -0.05) is 84.9 Å². The summed E-state index contributed by atoms with van der Waals surface area (Å²) in [6, 6.07) is 33.3. The zero-order chi connectivity index (χ0) is 17.3. The normalized spacial score (nSPS) is 11.1. The molecule has 26 heavy (non-hydrogen) atoms. The van der Waals surface area contributed by atoms with E-state index < -0.39 is 0 Å². The molecule has 122 valence electrons. The average molecular weight is 332 g/mol. The van der Waals surface area contributed by atoms with Crippen molar-refractivity contribution < 1.29 is 0 Å². The van der Waals surface area contributed by atoms with Crippen LogP contribution in [0.1, 0.15) is 0 Å². The Morgan fingerprint density at radius 3 is 2.12 bits per heavy atom. The zero-order valence-electron chi connectivity index (χ0n) is 14.1. The first-order valence-electron chi connectivity index (χ1n) is 8.70. The van der Waals surface area contributed by atoms with Gasteiger partial charge in [-0.15, -0.1) is 0 Å². The molecule has 1 aromatic heterocycles. The van der Waals surface area contributed by atoms with E-state index in [1.165, 1.54) is 10.8 Å². The minimum atomic E-state index is 0.757. The van der Waals surface area contributed by atoms with Gasteiger partial charge in [-0.05, 0) is 22.9 Å². The van der Waals surface area contributed by atoms with Crippen LogP contribution in [0.25, 0.3) is 44.3 Å². The summed E-state index contributed by atoms with van der Waals surface area (Å²) in [4.78, 5) is 9.72.